The molecule has 154 valence electrons. The third-order valence-electron chi connectivity index (χ3n) is 6.94. The summed E-state index contributed by atoms with van der Waals surface area (Å²) in [4.78, 5) is 0. The average molecular weight is 505 g/mol. The summed E-state index contributed by atoms with van der Waals surface area (Å²) in [6, 6.07) is 20.3. The molecule has 0 heterocycles. The summed E-state index contributed by atoms with van der Waals surface area (Å²) in [6.45, 7) is 0. The average Bonchev–Trinajstić information content (AvgIpc) is 2.77. The Morgan fingerprint density at radius 2 is 1.11 bits per heavy atom. The van der Waals surface area contributed by atoms with E-state index in [1.54, 1.807) is 5.30 Å². The maximum Gasteiger partial charge on any atom is 0.0665 e. The molecule has 0 atom stereocenters. The van der Waals surface area contributed by atoms with Crippen LogP contribution in [0.3, 0.4) is 0 Å². The van der Waals surface area contributed by atoms with Gasteiger partial charge in [-0.1, -0.05) is 68.2 Å². The van der Waals surface area contributed by atoms with Gasteiger partial charge >= 0.3 is 0 Å². The van der Waals surface area contributed by atoms with Crippen LogP contribution in [-0.2, 0) is 20.4 Å². The normalized spacial score (nSPS) is 19.2. The van der Waals surface area contributed by atoms with E-state index in [0.29, 0.717) is 0 Å². The van der Waals surface area contributed by atoms with Gasteiger partial charge in [0, 0.05) is 31.7 Å². The summed E-state index contributed by atoms with van der Waals surface area (Å²) in [5, 5.41) is 1.57. The van der Waals surface area contributed by atoms with Crippen molar-refractivity contribution in [1.82, 2.24) is 0 Å². The molecule has 0 spiro atoms. The minimum atomic E-state index is -1.45. The van der Waals surface area contributed by atoms with E-state index >= 15 is 0 Å². The molecular weight excluding hydrogens is 473 g/mol. The first-order valence-corrected chi connectivity index (χ1v) is 13.3. The molecule has 0 N–H and O–H groups in total. The molecule has 28 heavy (non-hydrogen) atoms. The molecule has 0 amide bonds. The Bertz CT molecular complexity index is 685. The van der Waals surface area contributed by atoms with E-state index in [2.05, 4.69) is 60.2 Å². The SMILES string of the molecule is Cl[CH-][P+](c1ccc(-c2ccccc2)cc1)(C1CCCCC1)C1CCCCC1.[Pd]. The van der Waals surface area contributed by atoms with Crippen molar-refractivity contribution in [2.45, 2.75) is 75.5 Å². The van der Waals surface area contributed by atoms with Gasteiger partial charge in [-0.2, -0.15) is 0 Å². The van der Waals surface area contributed by atoms with Crippen molar-refractivity contribution in [1.29, 1.82) is 0 Å². The second kappa shape index (κ2) is 10.7. The van der Waals surface area contributed by atoms with Gasteiger partial charge in [0.15, 0.2) is 0 Å². The van der Waals surface area contributed by atoms with Gasteiger partial charge in [0.25, 0.3) is 0 Å². The van der Waals surface area contributed by atoms with E-state index in [-0.39, 0.29) is 20.4 Å². The maximum absolute atomic E-state index is 6.81. The van der Waals surface area contributed by atoms with E-state index in [1.807, 2.05) is 0 Å². The number of rotatable bonds is 5. The standard InChI is InChI=1S/C25H32ClP.Pd/c26-20-27(23-12-6-2-7-13-23,24-14-8-3-9-15-24)25-18-16-22(17-19-25)21-10-4-1-5-11-21;/h1,4-5,10-11,16-20,23-24H,2-3,6-9,12-15H2;. The Morgan fingerprint density at radius 3 is 1.57 bits per heavy atom. The van der Waals surface area contributed by atoms with Crippen LogP contribution in [0.4, 0.5) is 0 Å². The van der Waals surface area contributed by atoms with Crippen molar-refractivity contribution >= 4 is 24.2 Å². The van der Waals surface area contributed by atoms with Gasteiger partial charge < -0.3 is 11.6 Å². The number of hydrogen-bond acceptors (Lipinski definition) is 0. The first-order chi connectivity index (χ1) is 13.3. The zero-order chi connectivity index (χ0) is 18.5. The molecule has 0 radical (unpaired) electrons. The van der Waals surface area contributed by atoms with Crippen LogP contribution in [0.1, 0.15) is 64.2 Å². The first kappa shape index (κ1) is 22.5. The Hall–Kier alpha value is -0.178. The molecule has 4 rings (SSSR count). The molecule has 2 saturated carbocycles. The molecule has 0 nitrogen and oxygen atoms in total. The fourth-order valence-electron chi connectivity index (χ4n) is 5.49. The second-order valence-corrected chi connectivity index (χ2v) is 12.9. The molecule has 0 aliphatic heterocycles. The van der Waals surface area contributed by atoms with Crippen molar-refractivity contribution in [2.24, 2.45) is 0 Å². The van der Waals surface area contributed by atoms with Crippen molar-refractivity contribution in [3.63, 3.8) is 0 Å². The molecule has 0 aromatic heterocycles. The van der Waals surface area contributed by atoms with E-state index in [0.717, 1.165) is 11.3 Å². The van der Waals surface area contributed by atoms with Crippen LogP contribution in [0.25, 0.3) is 11.1 Å². The molecule has 0 bridgehead atoms. The number of benzene rings is 2. The summed E-state index contributed by atoms with van der Waals surface area (Å²) in [5.41, 5.74) is 6.46. The van der Waals surface area contributed by atoms with E-state index in [9.17, 15) is 0 Å². The molecule has 2 aliphatic rings. The summed E-state index contributed by atoms with van der Waals surface area (Å²) >= 11 is 6.81. The van der Waals surface area contributed by atoms with Gasteiger partial charge in [0.2, 0.25) is 0 Å². The van der Waals surface area contributed by atoms with Crippen LogP contribution >= 0.6 is 18.9 Å². The minimum absolute atomic E-state index is 0. The quantitative estimate of drug-likeness (QED) is 0.219. The summed E-state index contributed by atoms with van der Waals surface area (Å²) in [5.74, 6) is 0. The van der Waals surface area contributed by atoms with Crippen molar-refractivity contribution in [2.75, 3.05) is 0 Å². The predicted octanol–water partition coefficient (Wildman–Crippen LogP) is 8.02. The molecule has 2 aliphatic carbocycles. The third-order valence-corrected chi connectivity index (χ3v) is 12.9. The van der Waals surface area contributed by atoms with Gasteiger partial charge in [-0.3, -0.25) is 0 Å². The van der Waals surface area contributed by atoms with Crippen molar-refractivity contribution < 1.29 is 20.4 Å². The molecule has 2 aromatic carbocycles. The summed E-state index contributed by atoms with van der Waals surface area (Å²) in [7, 11) is -1.45. The third kappa shape index (κ3) is 4.60. The molecule has 2 aromatic rings. The van der Waals surface area contributed by atoms with Gasteiger partial charge in [-0.25, -0.2) is 0 Å². The van der Waals surface area contributed by atoms with Crippen molar-refractivity contribution in [3.8, 4) is 11.1 Å². The van der Waals surface area contributed by atoms with Gasteiger partial charge in [-0.05, 0) is 74.6 Å². The van der Waals surface area contributed by atoms with Gasteiger partial charge in [0.05, 0.1) is 5.30 Å². The minimum Gasteiger partial charge on any atom is -0.304 e. The van der Waals surface area contributed by atoms with E-state index in [1.165, 1.54) is 75.3 Å². The van der Waals surface area contributed by atoms with Crippen LogP contribution in [0.15, 0.2) is 54.6 Å². The fourth-order valence-corrected chi connectivity index (χ4v) is 11.8. The molecule has 3 heteroatoms. The van der Waals surface area contributed by atoms with Crippen molar-refractivity contribution in [3.05, 3.63) is 60.2 Å². The second-order valence-electron chi connectivity index (χ2n) is 8.43. The monoisotopic (exact) mass is 504 g/mol. The molecule has 0 saturated heterocycles. The summed E-state index contributed by atoms with van der Waals surface area (Å²) < 4.78 is 0. The van der Waals surface area contributed by atoms with Crippen LogP contribution in [0.5, 0.6) is 0 Å². The smallest absolute Gasteiger partial charge is 0.0665 e. The van der Waals surface area contributed by atoms with Crippen LogP contribution < -0.4 is 5.30 Å². The first-order valence-electron chi connectivity index (χ1n) is 10.8. The maximum atomic E-state index is 6.81. The topological polar surface area (TPSA) is 0 Å². The largest absolute Gasteiger partial charge is 0.304 e. The Labute approximate surface area is 190 Å². The Morgan fingerprint density at radius 1 is 0.643 bits per heavy atom. The van der Waals surface area contributed by atoms with Crippen LogP contribution in [0.2, 0.25) is 0 Å². The van der Waals surface area contributed by atoms with Crippen LogP contribution in [-0.4, -0.2) is 11.3 Å². The fraction of sp³-hybridized carbons (Fsp3) is 0.480. The molecule has 0 unspecified atom stereocenters. The van der Waals surface area contributed by atoms with Crippen LogP contribution in [0, 0.1) is 5.62 Å². The zero-order valence-electron chi connectivity index (χ0n) is 16.6. The summed E-state index contributed by atoms with van der Waals surface area (Å²) in [6.07, 6.45) is 13.9. The van der Waals surface area contributed by atoms with Gasteiger partial charge in [0.1, 0.15) is 0 Å². The Balaban J connectivity index is 0.00000225. The molecular formula is C25H32ClPPd. The number of halogens is 1. The Kier molecular flexibility index (Phi) is 8.63. The zero-order valence-corrected chi connectivity index (χ0v) is 19.8. The van der Waals surface area contributed by atoms with Gasteiger partial charge in [-0.15, -0.1) is 0 Å². The van der Waals surface area contributed by atoms with E-state index in [4.69, 9.17) is 11.6 Å². The predicted molar refractivity (Wildman–Crippen MR) is 122 cm³/mol. The van der Waals surface area contributed by atoms with E-state index < -0.39 is 7.26 Å². The molecule has 2 fully saturated rings. The number of hydrogen-bond donors (Lipinski definition) is 0.